The lowest BCUT2D eigenvalue weighted by molar-refractivity contribution is 0.0171. The molecule has 0 fully saturated rings. The third-order valence-electron chi connectivity index (χ3n) is 1.45. The zero-order valence-corrected chi connectivity index (χ0v) is 10.00. The molecule has 0 saturated carbocycles. The summed E-state index contributed by atoms with van der Waals surface area (Å²) >= 11 is 5.76. The van der Waals surface area contributed by atoms with Crippen LogP contribution in [0, 0.1) is 0 Å². The minimum absolute atomic E-state index is 0.543. The van der Waals surface area contributed by atoms with Crippen molar-refractivity contribution in [1.29, 1.82) is 0 Å². The second-order valence-corrected chi connectivity index (χ2v) is 4.65. The normalized spacial score (nSPS) is 15.9. The van der Waals surface area contributed by atoms with Gasteiger partial charge in [0, 0.05) is 7.05 Å². The molecule has 2 atom stereocenters. The van der Waals surface area contributed by atoms with Gasteiger partial charge in [-0.3, -0.25) is 4.90 Å². The number of ether oxygens (including phenoxy) is 1. The maximum absolute atomic E-state index is 11.4. The number of carbonyl (C=O) groups excluding carboxylic acids is 1. The lowest BCUT2D eigenvalue weighted by Crippen LogP contribution is -2.42. The van der Waals surface area contributed by atoms with Crippen LogP contribution in [0.2, 0.25) is 0 Å². The Morgan fingerprint density at radius 1 is 1.50 bits per heavy atom. The van der Waals surface area contributed by atoms with E-state index in [0.717, 1.165) is 4.90 Å². The Kier molecular flexibility index (Phi) is 4.68. The van der Waals surface area contributed by atoms with Crippen molar-refractivity contribution in [2.24, 2.45) is 0 Å². The quantitative estimate of drug-likeness (QED) is 0.574. The summed E-state index contributed by atoms with van der Waals surface area (Å²) in [4.78, 5) is 12.6. The van der Waals surface area contributed by atoms with Gasteiger partial charge in [0.05, 0.1) is 6.10 Å². The molecule has 0 rings (SSSR count). The van der Waals surface area contributed by atoms with Gasteiger partial charge in [0.25, 0.3) is 0 Å². The average Bonchev–Trinajstić information content (AvgIpc) is 1.98. The molecule has 4 nitrogen and oxygen atoms in total. The van der Waals surface area contributed by atoms with Crippen molar-refractivity contribution in [3.63, 3.8) is 0 Å². The number of likely N-dealkylation sites (N-methyl/N-ethyl adjacent to an activating group) is 1. The van der Waals surface area contributed by atoms with Gasteiger partial charge in [0.15, 0.2) is 0 Å². The first-order valence-electron chi connectivity index (χ1n) is 4.43. The van der Waals surface area contributed by atoms with E-state index in [-0.39, 0.29) is 0 Å². The number of rotatable bonds is 2. The number of aliphatic hydroxyl groups excluding tert-OH is 1. The monoisotopic (exact) mass is 223 g/mol. The number of alkyl halides is 1. The minimum Gasteiger partial charge on any atom is -0.444 e. The van der Waals surface area contributed by atoms with Crippen LogP contribution in [0.3, 0.4) is 0 Å². The fraction of sp³-hybridized carbons (Fsp3) is 0.889. The lowest BCUT2D eigenvalue weighted by Gasteiger charge is -2.28. The highest BCUT2D eigenvalue weighted by molar-refractivity contribution is 6.21. The summed E-state index contributed by atoms with van der Waals surface area (Å²) in [6.07, 6.45) is -1.34. The van der Waals surface area contributed by atoms with E-state index in [1.807, 2.05) is 0 Å². The van der Waals surface area contributed by atoms with Crippen molar-refractivity contribution in [3.8, 4) is 0 Å². The standard InChI is InChI=1S/C9H18ClNO3/c1-6(12)7(10)11(5)8(13)14-9(2,3)4/h6-7,12H,1-5H3/t6-,7+/m0/s1. The van der Waals surface area contributed by atoms with Gasteiger partial charge in [-0.1, -0.05) is 11.6 Å². The lowest BCUT2D eigenvalue weighted by atomic mass is 10.2. The molecule has 0 bridgehead atoms. The highest BCUT2D eigenvalue weighted by atomic mass is 35.5. The number of nitrogens with zero attached hydrogens (tertiary/aromatic N) is 1. The molecule has 0 unspecified atom stereocenters. The van der Waals surface area contributed by atoms with Crippen LogP contribution in [0.5, 0.6) is 0 Å². The van der Waals surface area contributed by atoms with E-state index in [2.05, 4.69) is 0 Å². The first kappa shape index (κ1) is 13.5. The zero-order chi connectivity index (χ0) is 11.5. The van der Waals surface area contributed by atoms with Gasteiger partial charge in [0.2, 0.25) is 0 Å². The summed E-state index contributed by atoms with van der Waals surface area (Å²) < 4.78 is 5.06. The van der Waals surface area contributed by atoms with Crippen molar-refractivity contribution in [1.82, 2.24) is 4.90 Å². The molecular weight excluding hydrogens is 206 g/mol. The smallest absolute Gasteiger partial charge is 0.411 e. The molecule has 0 aliphatic heterocycles. The van der Waals surface area contributed by atoms with Gasteiger partial charge < -0.3 is 9.84 Å². The number of aliphatic hydroxyl groups is 1. The topological polar surface area (TPSA) is 49.8 Å². The maximum atomic E-state index is 11.4. The number of hydrogen-bond acceptors (Lipinski definition) is 3. The predicted molar refractivity (Wildman–Crippen MR) is 55.3 cm³/mol. The fourth-order valence-electron chi connectivity index (χ4n) is 0.758. The molecule has 0 aromatic carbocycles. The van der Waals surface area contributed by atoms with Crippen molar-refractivity contribution >= 4 is 17.7 Å². The molecule has 0 radical (unpaired) electrons. The van der Waals surface area contributed by atoms with Crippen LogP contribution in [0.25, 0.3) is 0 Å². The summed E-state index contributed by atoms with van der Waals surface area (Å²) in [6, 6.07) is 0. The van der Waals surface area contributed by atoms with Crippen molar-refractivity contribution in [2.75, 3.05) is 7.05 Å². The van der Waals surface area contributed by atoms with E-state index in [0.29, 0.717) is 0 Å². The molecule has 1 N–H and O–H groups in total. The Balaban J connectivity index is 4.26. The van der Waals surface area contributed by atoms with Crippen molar-refractivity contribution in [3.05, 3.63) is 0 Å². The van der Waals surface area contributed by atoms with E-state index in [1.54, 1.807) is 20.8 Å². The molecule has 0 spiro atoms. The number of halogens is 1. The Morgan fingerprint density at radius 2 is 1.93 bits per heavy atom. The first-order valence-corrected chi connectivity index (χ1v) is 4.86. The van der Waals surface area contributed by atoms with Gasteiger partial charge in [0.1, 0.15) is 11.1 Å². The van der Waals surface area contributed by atoms with Crippen LogP contribution < -0.4 is 0 Å². The van der Waals surface area contributed by atoms with Crippen LogP contribution in [0.15, 0.2) is 0 Å². The van der Waals surface area contributed by atoms with Gasteiger partial charge in [-0.25, -0.2) is 4.79 Å². The van der Waals surface area contributed by atoms with Crippen LogP contribution in [-0.2, 0) is 4.74 Å². The summed E-state index contributed by atoms with van der Waals surface area (Å²) in [5.74, 6) is 0. The fourth-order valence-corrected chi connectivity index (χ4v) is 0.838. The van der Waals surface area contributed by atoms with Gasteiger partial charge >= 0.3 is 6.09 Å². The third kappa shape index (κ3) is 4.67. The van der Waals surface area contributed by atoms with Crippen LogP contribution in [-0.4, -0.2) is 40.4 Å². The first-order chi connectivity index (χ1) is 6.15. The summed E-state index contributed by atoms with van der Waals surface area (Å²) in [7, 11) is 1.48. The minimum atomic E-state index is -0.797. The van der Waals surface area contributed by atoms with Crippen LogP contribution in [0.1, 0.15) is 27.7 Å². The predicted octanol–water partition coefficient (Wildman–Crippen LogP) is 1.80. The Bertz CT molecular complexity index is 201. The number of hydrogen-bond donors (Lipinski definition) is 1. The van der Waals surface area contributed by atoms with Gasteiger partial charge in [-0.15, -0.1) is 0 Å². The van der Waals surface area contributed by atoms with Crippen molar-refractivity contribution < 1.29 is 14.6 Å². The molecule has 0 saturated heterocycles. The SMILES string of the molecule is C[C@H](O)[C@H](Cl)N(C)C(=O)OC(C)(C)C. The second kappa shape index (κ2) is 4.84. The molecular formula is C9H18ClNO3. The molecule has 0 aromatic rings. The summed E-state index contributed by atoms with van der Waals surface area (Å²) in [5.41, 5.74) is -1.33. The number of carbonyl (C=O) groups is 1. The molecule has 0 aliphatic rings. The van der Waals surface area contributed by atoms with Crippen molar-refractivity contribution in [2.45, 2.75) is 44.9 Å². The molecule has 0 heterocycles. The molecule has 0 aliphatic carbocycles. The van der Waals surface area contributed by atoms with E-state index in [9.17, 15) is 4.79 Å². The van der Waals surface area contributed by atoms with Gasteiger partial charge in [-0.05, 0) is 27.7 Å². The average molecular weight is 224 g/mol. The third-order valence-corrected chi connectivity index (χ3v) is 2.11. The van der Waals surface area contributed by atoms with E-state index < -0.39 is 23.3 Å². The molecule has 1 amide bonds. The number of amides is 1. The molecule has 14 heavy (non-hydrogen) atoms. The zero-order valence-electron chi connectivity index (χ0n) is 9.24. The van der Waals surface area contributed by atoms with Crippen LogP contribution >= 0.6 is 11.6 Å². The second-order valence-electron chi connectivity index (χ2n) is 4.20. The Hall–Kier alpha value is -0.480. The summed E-state index contributed by atoms with van der Waals surface area (Å²) in [6.45, 7) is 6.82. The molecule has 0 aromatic heterocycles. The Labute approximate surface area is 89.8 Å². The largest absolute Gasteiger partial charge is 0.444 e. The molecule has 5 heteroatoms. The molecule has 84 valence electrons. The van der Waals surface area contributed by atoms with E-state index in [4.69, 9.17) is 21.4 Å². The highest BCUT2D eigenvalue weighted by Gasteiger charge is 2.26. The van der Waals surface area contributed by atoms with Gasteiger partial charge in [-0.2, -0.15) is 0 Å². The van der Waals surface area contributed by atoms with E-state index in [1.165, 1.54) is 14.0 Å². The van der Waals surface area contributed by atoms with E-state index >= 15 is 0 Å². The maximum Gasteiger partial charge on any atom is 0.411 e. The summed E-state index contributed by atoms with van der Waals surface area (Å²) in [5, 5.41) is 9.16. The van der Waals surface area contributed by atoms with Crippen LogP contribution in [0.4, 0.5) is 4.79 Å². The highest BCUT2D eigenvalue weighted by Crippen LogP contribution is 2.13. The Morgan fingerprint density at radius 3 is 2.21 bits per heavy atom.